The van der Waals surface area contributed by atoms with Crippen molar-refractivity contribution in [3.05, 3.63) is 17.5 Å². The molecule has 2 fully saturated rings. The van der Waals surface area contributed by atoms with E-state index in [2.05, 4.69) is 21.4 Å². The van der Waals surface area contributed by atoms with Crippen LogP contribution in [0.5, 0.6) is 0 Å². The van der Waals surface area contributed by atoms with Gasteiger partial charge in [0.2, 0.25) is 16.0 Å². The number of aromatic nitrogens is 2. The minimum absolute atomic E-state index is 0.315. The molecule has 2 heterocycles. The monoisotopic (exact) mass is 338 g/mol. The summed E-state index contributed by atoms with van der Waals surface area (Å²) in [6.07, 6.45) is 6.99. The van der Waals surface area contributed by atoms with E-state index < -0.39 is 10.0 Å². The van der Waals surface area contributed by atoms with Crippen LogP contribution in [0.2, 0.25) is 0 Å². The second-order valence-corrected chi connectivity index (χ2v) is 8.88. The van der Waals surface area contributed by atoms with Gasteiger partial charge in [0.15, 0.2) is 0 Å². The highest BCUT2D eigenvalue weighted by Gasteiger charge is 2.26. The SMILES string of the molecule is Cc1cc(C2CCC2)nc(NCC2CCCN(S(C)(=O)=O)C2)n1. The minimum Gasteiger partial charge on any atom is -0.354 e. The van der Waals surface area contributed by atoms with E-state index in [-0.39, 0.29) is 0 Å². The van der Waals surface area contributed by atoms with Gasteiger partial charge in [-0.3, -0.25) is 0 Å². The van der Waals surface area contributed by atoms with E-state index in [4.69, 9.17) is 0 Å². The van der Waals surface area contributed by atoms with Gasteiger partial charge in [-0.05, 0) is 44.6 Å². The van der Waals surface area contributed by atoms with Gasteiger partial charge < -0.3 is 5.32 Å². The Morgan fingerprint density at radius 1 is 1.26 bits per heavy atom. The number of nitrogens with zero attached hydrogens (tertiary/aromatic N) is 3. The summed E-state index contributed by atoms with van der Waals surface area (Å²) in [6.45, 7) is 3.95. The van der Waals surface area contributed by atoms with Crippen LogP contribution in [0.25, 0.3) is 0 Å². The number of hydrogen-bond acceptors (Lipinski definition) is 5. The third-order valence-electron chi connectivity index (χ3n) is 4.90. The summed E-state index contributed by atoms with van der Waals surface area (Å²) in [5, 5.41) is 3.33. The number of nitrogens with one attached hydrogen (secondary N) is 1. The van der Waals surface area contributed by atoms with E-state index >= 15 is 0 Å². The Morgan fingerprint density at radius 3 is 2.70 bits per heavy atom. The van der Waals surface area contributed by atoms with Gasteiger partial charge in [-0.1, -0.05) is 6.42 Å². The molecule has 23 heavy (non-hydrogen) atoms. The van der Waals surface area contributed by atoms with E-state index in [1.54, 1.807) is 4.31 Å². The molecular weight excluding hydrogens is 312 g/mol. The number of hydrogen-bond donors (Lipinski definition) is 1. The second-order valence-electron chi connectivity index (χ2n) is 6.90. The number of rotatable bonds is 5. The van der Waals surface area contributed by atoms with Gasteiger partial charge in [0, 0.05) is 36.9 Å². The minimum atomic E-state index is -3.09. The highest BCUT2D eigenvalue weighted by molar-refractivity contribution is 7.88. The Hall–Kier alpha value is -1.21. The zero-order valence-electron chi connectivity index (χ0n) is 14.0. The largest absolute Gasteiger partial charge is 0.354 e. The van der Waals surface area contributed by atoms with Crippen molar-refractivity contribution in [1.29, 1.82) is 0 Å². The normalized spacial score (nSPS) is 23.5. The van der Waals surface area contributed by atoms with Crippen molar-refractivity contribution in [2.24, 2.45) is 5.92 Å². The number of anilines is 1. The molecule has 2 aliphatic rings. The van der Waals surface area contributed by atoms with Gasteiger partial charge in [-0.25, -0.2) is 22.7 Å². The molecule has 1 atom stereocenters. The maximum absolute atomic E-state index is 11.7. The molecule has 1 aliphatic heterocycles. The lowest BCUT2D eigenvalue weighted by molar-refractivity contribution is 0.276. The average Bonchev–Trinajstić information content (AvgIpc) is 2.42. The first-order valence-electron chi connectivity index (χ1n) is 8.46. The molecule has 0 amide bonds. The molecule has 0 spiro atoms. The van der Waals surface area contributed by atoms with Crippen molar-refractivity contribution < 1.29 is 8.42 Å². The number of sulfonamides is 1. The summed E-state index contributed by atoms with van der Waals surface area (Å²) in [5.74, 6) is 1.59. The standard InChI is InChI=1S/C16H26N4O2S/c1-12-9-15(14-6-3-7-14)19-16(18-12)17-10-13-5-4-8-20(11-13)23(2,21)22/h9,13-14H,3-8,10-11H2,1-2H3,(H,17,18,19). The topological polar surface area (TPSA) is 75.2 Å². The highest BCUT2D eigenvalue weighted by Crippen LogP contribution is 2.35. The summed E-state index contributed by atoms with van der Waals surface area (Å²) in [4.78, 5) is 9.13. The van der Waals surface area contributed by atoms with Gasteiger partial charge >= 0.3 is 0 Å². The molecule has 6 nitrogen and oxygen atoms in total. The van der Waals surface area contributed by atoms with Crippen LogP contribution in [-0.4, -0.2) is 48.6 Å². The molecule has 1 aliphatic carbocycles. The van der Waals surface area contributed by atoms with E-state index in [0.29, 0.717) is 30.9 Å². The van der Waals surface area contributed by atoms with Crippen LogP contribution in [-0.2, 0) is 10.0 Å². The van der Waals surface area contributed by atoms with Crippen molar-refractivity contribution in [2.75, 3.05) is 31.2 Å². The average molecular weight is 338 g/mol. The highest BCUT2D eigenvalue weighted by atomic mass is 32.2. The molecule has 1 saturated carbocycles. The summed E-state index contributed by atoms with van der Waals surface area (Å²) >= 11 is 0. The van der Waals surface area contributed by atoms with Crippen LogP contribution in [0.1, 0.15) is 49.4 Å². The van der Waals surface area contributed by atoms with Gasteiger partial charge in [-0.2, -0.15) is 0 Å². The summed E-state index contributed by atoms with van der Waals surface area (Å²) in [6, 6.07) is 2.08. The molecule has 0 aromatic carbocycles. The first-order chi connectivity index (χ1) is 10.9. The van der Waals surface area contributed by atoms with Crippen LogP contribution in [0.15, 0.2) is 6.07 Å². The molecule has 128 valence electrons. The fourth-order valence-corrected chi connectivity index (χ4v) is 4.26. The van der Waals surface area contributed by atoms with Crippen LogP contribution >= 0.6 is 0 Å². The van der Waals surface area contributed by atoms with Crippen molar-refractivity contribution >= 4 is 16.0 Å². The molecule has 0 bridgehead atoms. The fourth-order valence-electron chi connectivity index (χ4n) is 3.32. The van der Waals surface area contributed by atoms with E-state index in [1.165, 1.54) is 25.5 Å². The lowest BCUT2D eigenvalue weighted by atomic mass is 9.83. The Kier molecular flexibility index (Phi) is 4.87. The predicted octanol–water partition coefficient (Wildman–Crippen LogP) is 2.14. The van der Waals surface area contributed by atoms with Crippen molar-refractivity contribution in [1.82, 2.24) is 14.3 Å². The van der Waals surface area contributed by atoms with Crippen molar-refractivity contribution in [3.63, 3.8) is 0 Å². The second kappa shape index (κ2) is 6.73. The lowest BCUT2D eigenvalue weighted by Crippen LogP contribution is -2.41. The maximum Gasteiger partial charge on any atom is 0.223 e. The van der Waals surface area contributed by atoms with Gasteiger partial charge in [0.25, 0.3) is 0 Å². The van der Waals surface area contributed by atoms with E-state index in [1.807, 2.05) is 6.92 Å². The smallest absolute Gasteiger partial charge is 0.223 e. The predicted molar refractivity (Wildman–Crippen MR) is 91.0 cm³/mol. The zero-order chi connectivity index (χ0) is 16.4. The molecule has 0 radical (unpaired) electrons. The van der Waals surface area contributed by atoms with Crippen LogP contribution in [0, 0.1) is 12.8 Å². The van der Waals surface area contributed by atoms with Crippen LogP contribution in [0.4, 0.5) is 5.95 Å². The first-order valence-corrected chi connectivity index (χ1v) is 10.3. The third-order valence-corrected chi connectivity index (χ3v) is 6.17. The molecular formula is C16H26N4O2S. The number of aryl methyl sites for hydroxylation is 1. The molecule has 1 saturated heterocycles. The van der Waals surface area contributed by atoms with Crippen LogP contribution < -0.4 is 5.32 Å². The quantitative estimate of drug-likeness (QED) is 0.890. The van der Waals surface area contributed by atoms with Crippen LogP contribution in [0.3, 0.4) is 0 Å². The summed E-state index contributed by atoms with van der Waals surface area (Å²) < 4.78 is 25.0. The Labute approximate surface area is 138 Å². The lowest BCUT2D eigenvalue weighted by Gasteiger charge is -2.31. The molecule has 1 N–H and O–H groups in total. The first kappa shape index (κ1) is 16.6. The Balaban J connectivity index is 1.60. The maximum atomic E-state index is 11.7. The van der Waals surface area contributed by atoms with Gasteiger partial charge in [0.1, 0.15) is 0 Å². The third kappa shape index (κ3) is 4.20. The Morgan fingerprint density at radius 2 is 2.04 bits per heavy atom. The van der Waals surface area contributed by atoms with E-state index in [9.17, 15) is 8.42 Å². The van der Waals surface area contributed by atoms with Gasteiger partial charge in [-0.15, -0.1) is 0 Å². The summed E-state index contributed by atoms with van der Waals surface area (Å²) in [7, 11) is -3.09. The molecule has 1 aromatic heterocycles. The molecule has 1 aromatic rings. The van der Waals surface area contributed by atoms with E-state index in [0.717, 1.165) is 30.8 Å². The molecule has 7 heteroatoms. The van der Waals surface area contributed by atoms with Gasteiger partial charge in [0.05, 0.1) is 6.26 Å². The fraction of sp³-hybridized carbons (Fsp3) is 0.750. The van der Waals surface area contributed by atoms with Crippen molar-refractivity contribution in [3.8, 4) is 0 Å². The number of piperidine rings is 1. The Bertz CT molecular complexity index is 658. The molecule has 1 unspecified atom stereocenters. The summed E-state index contributed by atoms with van der Waals surface area (Å²) in [5.41, 5.74) is 2.14. The van der Waals surface area contributed by atoms with Crippen molar-refractivity contribution in [2.45, 2.75) is 44.9 Å². The zero-order valence-corrected chi connectivity index (χ0v) is 14.8. The molecule has 3 rings (SSSR count).